The molecule has 0 unspecified atom stereocenters. The second-order valence-corrected chi connectivity index (χ2v) is 5.94. The van der Waals surface area contributed by atoms with E-state index in [1.807, 2.05) is 24.3 Å². The molecule has 0 aliphatic carbocycles. The molecule has 1 heterocycles. The van der Waals surface area contributed by atoms with Gasteiger partial charge in [-0.3, -0.25) is 9.13 Å². The molecule has 0 radical (unpaired) electrons. The number of hydrogen-bond donors (Lipinski definition) is 1. The lowest BCUT2D eigenvalue weighted by molar-refractivity contribution is 0.0695. The first kappa shape index (κ1) is 14.6. The number of hydrogen-bond acceptors (Lipinski definition) is 2. The average molecular weight is 361 g/mol. The number of para-hydroxylation sites is 2. The number of carbonyl (C=O) groups is 1. The summed E-state index contributed by atoms with van der Waals surface area (Å²) in [5.41, 5.74) is 2.21. The zero-order chi connectivity index (χ0) is 15.9. The molecule has 0 amide bonds. The van der Waals surface area contributed by atoms with Crippen LogP contribution in [0.3, 0.4) is 0 Å². The van der Waals surface area contributed by atoms with E-state index in [4.69, 9.17) is 0 Å². The van der Waals surface area contributed by atoms with Gasteiger partial charge in [0.05, 0.1) is 23.1 Å². The van der Waals surface area contributed by atoms with Crippen LogP contribution in [0, 0.1) is 0 Å². The van der Waals surface area contributed by atoms with Crippen molar-refractivity contribution in [2.24, 2.45) is 7.05 Å². The van der Waals surface area contributed by atoms with E-state index in [0.29, 0.717) is 5.56 Å². The Bertz CT molecular complexity index is 940. The summed E-state index contributed by atoms with van der Waals surface area (Å²) in [6.45, 7) is 0.210. The topological polar surface area (TPSA) is 64.2 Å². The quantitative estimate of drug-likeness (QED) is 0.780. The van der Waals surface area contributed by atoms with E-state index < -0.39 is 5.97 Å². The summed E-state index contributed by atoms with van der Waals surface area (Å²) >= 11 is 3.35. The fraction of sp³-hybridized carbons (Fsp3) is 0.125. The van der Waals surface area contributed by atoms with Crippen LogP contribution in [0.2, 0.25) is 0 Å². The zero-order valence-electron chi connectivity index (χ0n) is 11.8. The van der Waals surface area contributed by atoms with Crippen molar-refractivity contribution in [3.8, 4) is 0 Å². The van der Waals surface area contributed by atoms with E-state index in [2.05, 4.69) is 15.9 Å². The van der Waals surface area contributed by atoms with Crippen molar-refractivity contribution < 1.29 is 9.90 Å². The van der Waals surface area contributed by atoms with Crippen molar-refractivity contribution in [3.05, 3.63) is 68.5 Å². The standard InChI is InChI=1S/C16H13BrN2O3/c1-18-13-4-2-3-5-14(13)19(16(18)22)9-10-8-11(17)6-7-12(10)15(20)21/h2-8H,9H2,1H3,(H,20,21). The zero-order valence-corrected chi connectivity index (χ0v) is 13.4. The monoisotopic (exact) mass is 360 g/mol. The molecule has 3 rings (SSSR count). The predicted molar refractivity (Wildman–Crippen MR) is 87.4 cm³/mol. The minimum atomic E-state index is -1.00. The van der Waals surface area contributed by atoms with Gasteiger partial charge in [0.15, 0.2) is 0 Å². The molecule has 0 spiro atoms. The second-order valence-electron chi connectivity index (χ2n) is 5.02. The first-order valence-corrected chi connectivity index (χ1v) is 7.44. The number of benzene rings is 2. The van der Waals surface area contributed by atoms with E-state index in [-0.39, 0.29) is 17.8 Å². The van der Waals surface area contributed by atoms with Crippen LogP contribution in [0.1, 0.15) is 15.9 Å². The maximum Gasteiger partial charge on any atom is 0.336 e. The van der Waals surface area contributed by atoms with Gasteiger partial charge in [0.1, 0.15) is 0 Å². The fourth-order valence-electron chi connectivity index (χ4n) is 2.59. The van der Waals surface area contributed by atoms with E-state index in [0.717, 1.165) is 15.5 Å². The van der Waals surface area contributed by atoms with E-state index >= 15 is 0 Å². The highest BCUT2D eigenvalue weighted by atomic mass is 79.9. The smallest absolute Gasteiger partial charge is 0.336 e. The van der Waals surface area contributed by atoms with Gasteiger partial charge >= 0.3 is 11.7 Å². The first-order chi connectivity index (χ1) is 10.5. The minimum Gasteiger partial charge on any atom is -0.478 e. The van der Waals surface area contributed by atoms with Gasteiger partial charge in [0, 0.05) is 11.5 Å². The van der Waals surface area contributed by atoms with E-state index in [1.54, 1.807) is 28.3 Å². The average Bonchev–Trinajstić information content (AvgIpc) is 2.73. The van der Waals surface area contributed by atoms with Gasteiger partial charge in [0.2, 0.25) is 0 Å². The summed E-state index contributed by atoms with van der Waals surface area (Å²) in [6.07, 6.45) is 0. The molecule has 0 atom stereocenters. The third kappa shape index (κ3) is 2.35. The van der Waals surface area contributed by atoms with Crippen molar-refractivity contribution >= 4 is 32.9 Å². The highest BCUT2D eigenvalue weighted by Gasteiger charge is 2.15. The molecule has 1 N–H and O–H groups in total. The number of carboxylic acid groups (broad SMARTS) is 1. The molecule has 5 nitrogen and oxygen atoms in total. The Morgan fingerprint density at radius 2 is 1.86 bits per heavy atom. The summed E-state index contributed by atoms with van der Waals surface area (Å²) in [5, 5.41) is 9.31. The molecule has 0 aliphatic heterocycles. The Balaban J connectivity index is 2.20. The molecule has 22 heavy (non-hydrogen) atoms. The van der Waals surface area contributed by atoms with Crippen LogP contribution in [0.25, 0.3) is 11.0 Å². The largest absolute Gasteiger partial charge is 0.478 e. The Morgan fingerprint density at radius 3 is 2.55 bits per heavy atom. The number of fused-ring (bicyclic) bond motifs is 1. The van der Waals surface area contributed by atoms with Crippen molar-refractivity contribution in [2.75, 3.05) is 0 Å². The molecule has 2 aromatic carbocycles. The van der Waals surface area contributed by atoms with E-state index in [1.165, 1.54) is 6.07 Å². The number of nitrogens with zero attached hydrogens (tertiary/aromatic N) is 2. The number of rotatable bonds is 3. The molecular weight excluding hydrogens is 348 g/mol. The van der Waals surface area contributed by atoms with Gasteiger partial charge in [0.25, 0.3) is 0 Å². The van der Waals surface area contributed by atoms with Crippen molar-refractivity contribution in [3.63, 3.8) is 0 Å². The van der Waals surface area contributed by atoms with Gasteiger partial charge in [-0.2, -0.15) is 0 Å². The lowest BCUT2D eigenvalue weighted by Crippen LogP contribution is -2.23. The molecule has 3 aromatic rings. The van der Waals surface area contributed by atoms with Crippen molar-refractivity contribution in [1.29, 1.82) is 0 Å². The molecule has 0 saturated carbocycles. The summed E-state index contributed by atoms with van der Waals surface area (Å²) in [7, 11) is 1.71. The molecule has 0 saturated heterocycles. The third-order valence-corrected chi connectivity index (χ3v) is 4.17. The second kappa shape index (κ2) is 5.46. The fourth-order valence-corrected chi connectivity index (χ4v) is 3.00. The van der Waals surface area contributed by atoms with Gasteiger partial charge in [-0.1, -0.05) is 28.1 Å². The van der Waals surface area contributed by atoms with Crippen LogP contribution in [0.15, 0.2) is 51.7 Å². The number of aromatic nitrogens is 2. The molecule has 6 heteroatoms. The predicted octanol–water partition coefficient (Wildman–Crippen LogP) is 2.85. The van der Waals surface area contributed by atoms with Crippen LogP contribution < -0.4 is 5.69 Å². The first-order valence-electron chi connectivity index (χ1n) is 6.65. The maximum atomic E-state index is 12.4. The lowest BCUT2D eigenvalue weighted by Gasteiger charge is -2.08. The van der Waals surface area contributed by atoms with Crippen LogP contribution in [-0.4, -0.2) is 20.2 Å². The van der Waals surface area contributed by atoms with Gasteiger partial charge in [-0.15, -0.1) is 0 Å². The Kier molecular flexibility index (Phi) is 3.62. The molecule has 0 aliphatic rings. The Hall–Kier alpha value is -2.34. The summed E-state index contributed by atoms with van der Waals surface area (Å²) in [5.74, 6) is -1.00. The van der Waals surface area contributed by atoms with Crippen LogP contribution >= 0.6 is 15.9 Å². The Morgan fingerprint density at radius 1 is 1.18 bits per heavy atom. The number of carboxylic acids is 1. The summed E-state index contributed by atoms with van der Waals surface area (Å²) in [4.78, 5) is 23.8. The van der Waals surface area contributed by atoms with Gasteiger partial charge < -0.3 is 5.11 Å². The van der Waals surface area contributed by atoms with Crippen LogP contribution in [0.4, 0.5) is 0 Å². The molecule has 112 valence electrons. The van der Waals surface area contributed by atoms with Crippen molar-refractivity contribution in [1.82, 2.24) is 9.13 Å². The maximum absolute atomic E-state index is 12.4. The highest BCUT2D eigenvalue weighted by molar-refractivity contribution is 9.10. The van der Waals surface area contributed by atoms with E-state index in [9.17, 15) is 14.7 Å². The molecule has 0 bridgehead atoms. The molecule has 0 fully saturated rings. The third-order valence-electron chi connectivity index (χ3n) is 3.68. The number of halogens is 1. The number of aryl methyl sites for hydroxylation is 1. The minimum absolute atomic E-state index is 0.169. The normalized spacial score (nSPS) is 11.0. The number of imidazole rings is 1. The van der Waals surface area contributed by atoms with Crippen LogP contribution in [0.5, 0.6) is 0 Å². The highest BCUT2D eigenvalue weighted by Crippen LogP contribution is 2.20. The summed E-state index contributed by atoms with van der Waals surface area (Å²) in [6, 6.07) is 12.4. The van der Waals surface area contributed by atoms with Gasteiger partial charge in [-0.25, -0.2) is 9.59 Å². The Labute approximate surface area is 134 Å². The van der Waals surface area contributed by atoms with Crippen molar-refractivity contribution in [2.45, 2.75) is 6.54 Å². The van der Waals surface area contributed by atoms with Crippen LogP contribution in [-0.2, 0) is 13.6 Å². The molecular formula is C16H13BrN2O3. The number of aromatic carboxylic acids is 1. The SMILES string of the molecule is Cn1c(=O)n(Cc2cc(Br)ccc2C(=O)O)c2ccccc21. The molecule has 1 aromatic heterocycles. The van der Waals surface area contributed by atoms with Gasteiger partial charge in [-0.05, 0) is 35.9 Å². The summed E-state index contributed by atoms with van der Waals surface area (Å²) < 4.78 is 3.93. The lowest BCUT2D eigenvalue weighted by atomic mass is 10.1.